The molecule has 4 atom stereocenters. The minimum atomic E-state index is -1.71. The van der Waals surface area contributed by atoms with Crippen molar-refractivity contribution in [3.05, 3.63) is 124 Å². The molecule has 3 aromatic carbocycles. The summed E-state index contributed by atoms with van der Waals surface area (Å²) in [5.74, 6) is -0.735. The third-order valence-electron chi connectivity index (χ3n) is 11.4. The lowest BCUT2D eigenvalue weighted by Crippen LogP contribution is -2.46. The van der Waals surface area contributed by atoms with Crippen molar-refractivity contribution in [1.29, 1.82) is 0 Å². The van der Waals surface area contributed by atoms with Crippen LogP contribution in [0, 0.1) is 0 Å². The molecule has 15 nitrogen and oxygen atoms in total. The predicted molar refractivity (Wildman–Crippen MR) is 229 cm³/mol. The first kappa shape index (κ1) is 40.3. The van der Waals surface area contributed by atoms with Gasteiger partial charge in [-0.3, -0.25) is 0 Å². The van der Waals surface area contributed by atoms with Crippen LogP contribution in [0.2, 0.25) is 0 Å². The third-order valence-corrected chi connectivity index (χ3v) is 11.4. The summed E-state index contributed by atoms with van der Waals surface area (Å²) < 4.78 is 73.5. The van der Waals surface area contributed by atoms with Gasteiger partial charge in [0, 0.05) is 50.7 Å². The average molecular weight is 859 g/mol. The van der Waals surface area contributed by atoms with E-state index >= 15 is 0 Å². The van der Waals surface area contributed by atoms with Crippen LogP contribution in [0.4, 0.5) is 0 Å². The summed E-state index contributed by atoms with van der Waals surface area (Å²) >= 11 is 0. The van der Waals surface area contributed by atoms with Crippen LogP contribution in [0.1, 0.15) is 40.2 Å². The van der Waals surface area contributed by atoms with Crippen molar-refractivity contribution in [2.45, 2.75) is 70.1 Å². The fourth-order valence-corrected chi connectivity index (χ4v) is 7.84. The van der Waals surface area contributed by atoms with E-state index in [0.717, 1.165) is 16.2 Å². The molecule has 2 aliphatic rings. The highest BCUT2D eigenvalue weighted by Crippen LogP contribution is 2.49. The molecule has 0 bridgehead atoms. The lowest BCUT2D eigenvalue weighted by molar-refractivity contribution is -0.271. The normalized spacial score (nSPS) is 19.2. The van der Waals surface area contributed by atoms with E-state index < -0.39 is 46.7 Å². The second kappa shape index (κ2) is 14.9. The van der Waals surface area contributed by atoms with E-state index in [4.69, 9.17) is 55.2 Å². The van der Waals surface area contributed by atoms with Crippen LogP contribution in [-0.4, -0.2) is 60.4 Å². The van der Waals surface area contributed by atoms with Gasteiger partial charge in [0.15, 0.2) is 33.7 Å². The van der Waals surface area contributed by atoms with Gasteiger partial charge in [0.1, 0.15) is 38.1 Å². The van der Waals surface area contributed by atoms with Crippen molar-refractivity contribution >= 4 is 60.9 Å². The Morgan fingerprint density at radius 1 is 0.746 bits per heavy atom. The number of aliphatic hydroxyl groups excluding tert-OH is 1. The summed E-state index contributed by atoms with van der Waals surface area (Å²) in [7, 11) is 0. The van der Waals surface area contributed by atoms with E-state index in [1.54, 1.807) is 57.2 Å². The van der Waals surface area contributed by atoms with Gasteiger partial charge in [-0.15, -0.1) is 0 Å². The molecule has 1 spiro atoms. The van der Waals surface area contributed by atoms with E-state index in [9.17, 15) is 14.7 Å². The molecular weight excluding hydrogens is 817 g/mol. The number of hydrogen-bond acceptors (Lipinski definition) is 15. The molecule has 0 unspecified atom stereocenters. The second-order valence-corrected chi connectivity index (χ2v) is 16.8. The second-order valence-electron chi connectivity index (χ2n) is 16.8. The van der Waals surface area contributed by atoms with Gasteiger partial charge < -0.3 is 60.4 Å². The van der Waals surface area contributed by atoms with E-state index in [1.807, 2.05) is 38.1 Å². The summed E-state index contributed by atoms with van der Waals surface area (Å²) in [5.41, 5.74) is -0.287. The number of benzene rings is 3. The van der Waals surface area contributed by atoms with Crippen molar-refractivity contribution in [1.82, 2.24) is 0 Å². The molecule has 2 aliphatic heterocycles. The molecule has 10 rings (SSSR count). The molecule has 0 amide bonds. The largest absolute Gasteiger partial charge is 0.483 e. The molecule has 15 heteroatoms. The van der Waals surface area contributed by atoms with Crippen LogP contribution in [0.25, 0.3) is 60.9 Å². The molecule has 63 heavy (non-hydrogen) atoms. The quantitative estimate of drug-likeness (QED) is 0.0855. The minimum absolute atomic E-state index is 0.0318. The first-order valence-electron chi connectivity index (χ1n) is 20.3. The molecule has 5 aromatic heterocycles. The van der Waals surface area contributed by atoms with E-state index in [0.29, 0.717) is 38.7 Å². The zero-order chi connectivity index (χ0) is 43.8. The maximum absolute atomic E-state index is 12.2. The SMILES string of the molecule is C=C(C)[C@@H](COc1c2occc2cc2ccc(=O)oc12)OC(C)(C)[C@H](O)COc1c2c(cc3ccoc13)C=C[C@]1(O2)O[C@H](COc2c3occc3cc3ccc(=O)oc23)C(C)(C)O1. The zero-order valence-electron chi connectivity index (χ0n) is 34.9. The lowest BCUT2D eigenvalue weighted by atomic mass is 10.0. The molecule has 1 N–H and O–H groups in total. The van der Waals surface area contributed by atoms with Crippen LogP contribution >= 0.6 is 0 Å². The Balaban J connectivity index is 0.863. The van der Waals surface area contributed by atoms with Gasteiger partial charge in [0.05, 0.1) is 30.0 Å². The molecular formula is C48H42O15. The van der Waals surface area contributed by atoms with Gasteiger partial charge in [-0.05, 0) is 94.8 Å². The van der Waals surface area contributed by atoms with E-state index in [-0.39, 0.29) is 54.0 Å². The summed E-state index contributed by atoms with van der Waals surface area (Å²) in [6.07, 6.45) is 5.44. The van der Waals surface area contributed by atoms with Gasteiger partial charge in [-0.2, -0.15) is 0 Å². The van der Waals surface area contributed by atoms with Gasteiger partial charge in [0.2, 0.25) is 17.2 Å². The number of aliphatic hydroxyl groups is 1. The van der Waals surface area contributed by atoms with Gasteiger partial charge >= 0.3 is 17.2 Å². The third kappa shape index (κ3) is 7.22. The Kier molecular flexibility index (Phi) is 9.56. The van der Waals surface area contributed by atoms with Crippen molar-refractivity contribution in [2.24, 2.45) is 0 Å². The van der Waals surface area contributed by atoms with Crippen molar-refractivity contribution in [3.63, 3.8) is 0 Å². The highest BCUT2D eigenvalue weighted by Gasteiger charge is 2.55. The van der Waals surface area contributed by atoms with Gasteiger partial charge in [-0.25, -0.2) is 9.59 Å². The van der Waals surface area contributed by atoms with Crippen LogP contribution in [0.3, 0.4) is 0 Å². The Morgan fingerprint density at radius 2 is 1.29 bits per heavy atom. The number of rotatable bonds is 13. The Bertz CT molecular complexity index is 3230. The Hall–Kier alpha value is -6.78. The molecule has 7 heterocycles. The number of fused-ring (bicyclic) bond motifs is 6. The molecule has 1 fully saturated rings. The lowest BCUT2D eigenvalue weighted by Gasteiger charge is -2.35. The van der Waals surface area contributed by atoms with Crippen LogP contribution in [0.15, 0.2) is 129 Å². The molecule has 0 saturated carbocycles. The minimum Gasteiger partial charge on any atom is -0.483 e. The maximum atomic E-state index is 12.2. The first-order valence-corrected chi connectivity index (χ1v) is 20.3. The molecule has 324 valence electrons. The Labute approximate surface area is 357 Å². The highest BCUT2D eigenvalue weighted by molar-refractivity contribution is 6.01. The van der Waals surface area contributed by atoms with Gasteiger partial charge in [0.25, 0.3) is 0 Å². The predicted octanol–water partition coefficient (Wildman–Crippen LogP) is 9.03. The van der Waals surface area contributed by atoms with Crippen molar-refractivity contribution in [3.8, 4) is 23.0 Å². The highest BCUT2D eigenvalue weighted by atomic mass is 16.9. The molecule has 8 aromatic rings. The smallest absolute Gasteiger partial charge is 0.350 e. The van der Waals surface area contributed by atoms with Crippen LogP contribution in [-0.2, 0) is 14.2 Å². The monoisotopic (exact) mass is 858 g/mol. The fourth-order valence-electron chi connectivity index (χ4n) is 7.84. The molecule has 0 radical (unpaired) electrons. The zero-order valence-corrected chi connectivity index (χ0v) is 34.9. The summed E-state index contributed by atoms with van der Waals surface area (Å²) in [6, 6.07) is 17.0. The maximum Gasteiger partial charge on any atom is 0.350 e. The number of furan rings is 3. The number of ether oxygens (including phenoxy) is 7. The molecule has 1 saturated heterocycles. The molecule has 0 aliphatic carbocycles. The summed E-state index contributed by atoms with van der Waals surface area (Å²) in [5, 5.41) is 15.3. The number of hydrogen-bond donors (Lipinski definition) is 1. The van der Waals surface area contributed by atoms with E-state index in [1.165, 1.54) is 30.9 Å². The summed E-state index contributed by atoms with van der Waals surface area (Å²) in [6.45, 7) is 12.7. The van der Waals surface area contributed by atoms with Crippen LogP contribution in [0.5, 0.6) is 23.0 Å². The van der Waals surface area contributed by atoms with Crippen molar-refractivity contribution in [2.75, 3.05) is 19.8 Å². The topological polar surface area (TPSA) is 185 Å². The Morgan fingerprint density at radius 3 is 1.89 bits per heavy atom. The van der Waals surface area contributed by atoms with Crippen LogP contribution < -0.4 is 30.2 Å². The average Bonchev–Trinajstić information content (AvgIpc) is 4.06. The van der Waals surface area contributed by atoms with E-state index in [2.05, 4.69) is 6.58 Å². The fraction of sp³-hybridized carbons (Fsp3) is 0.292. The standard InChI is InChI=1S/C48H42O15/c1-25(2)32(22-55-43-37-29(12-16-52-37)19-26-7-9-35(50)58-40(26)43)60-46(3,4)33(49)23-56-45-39-31(14-18-54-39)21-28-11-15-48(62-42(28)45)61-34(47(5,6)63-48)24-57-44-38-30(13-17-53-38)20-27-8-10-36(51)59-41(27)44/h7-21,32-34,49H,1,22-24H2,2-6H3/t32-,33-,34-,48-/m1/s1. The summed E-state index contributed by atoms with van der Waals surface area (Å²) in [4.78, 5) is 24.4. The van der Waals surface area contributed by atoms with Crippen molar-refractivity contribution < 1.29 is 60.4 Å². The van der Waals surface area contributed by atoms with Gasteiger partial charge in [-0.1, -0.05) is 6.58 Å². The first-order chi connectivity index (χ1) is 30.2.